The standard InChI is InChI=1S/C3H7NO2S.C3H6O3/c4-2(1-7)3(5)6;1-2(4)3(5)6/h2,7H,1,4H2,(H,5,6);2,4H,1H3,(H,5,6)/t2-;/m0./s1. The van der Waals surface area contributed by atoms with E-state index in [1.165, 1.54) is 6.92 Å². The summed E-state index contributed by atoms with van der Waals surface area (Å²) >= 11 is 3.65. The van der Waals surface area contributed by atoms with Crippen molar-refractivity contribution >= 4 is 24.6 Å². The highest BCUT2D eigenvalue weighted by Gasteiger charge is 2.06. The number of aliphatic hydroxyl groups is 1. The number of hydrogen-bond donors (Lipinski definition) is 5. The molecule has 0 aliphatic heterocycles. The molecule has 13 heavy (non-hydrogen) atoms. The summed E-state index contributed by atoms with van der Waals surface area (Å²) in [6, 6.07) is -0.816. The summed E-state index contributed by atoms with van der Waals surface area (Å²) in [6.07, 6.45) is -1.23. The van der Waals surface area contributed by atoms with Gasteiger partial charge in [-0.2, -0.15) is 12.6 Å². The summed E-state index contributed by atoms with van der Waals surface area (Å²) in [5.41, 5.74) is 4.94. The van der Waals surface area contributed by atoms with Gasteiger partial charge in [0.2, 0.25) is 0 Å². The summed E-state index contributed by atoms with van der Waals surface area (Å²) < 4.78 is 0. The number of nitrogens with two attached hydrogens (primary N) is 1. The van der Waals surface area contributed by atoms with Crippen molar-refractivity contribution in [1.82, 2.24) is 0 Å². The van der Waals surface area contributed by atoms with Crippen LogP contribution in [0, 0.1) is 0 Å². The quantitative estimate of drug-likeness (QED) is 0.373. The molecule has 0 bridgehead atoms. The number of rotatable bonds is 3. The van der Waals surface area contributed by atoms with Crippen molar-refractivity contribution in [2.45, 2.75) is 19.1 Å². The zero-order chi connectivity index (χ0) is 11.0. The zero-order valence-corrected chi connectivity index (χ0v) is 7.94. The fourth-order valence-corrected chi connectivity index (χ4v) is 0.234. The van der Waals surface area contributed by atoms with E-state index in [1.54, 1.807) is 0 Å². The molecule has 0 aliphatic rings. The molecule has 78 valence electrons. The lowest BCUT2D eigenvalue weighted by Gasteiger charge is -1.96. The van der Waals surface area contributed by atoms with E-state index >= 15 is 0 Å². The number of aliphatic hydroxyl groups excluding tert-OH is 1. The topological polar surface area (TPSA) is 121 Å². The molecular weight excluding hydrogens is 198 g/mol. The van der Waals surface area contributed by atoms with Crippen molar-refractivity contribution in [3.63, 3.8) is 0 Å². The monoisotopic (exact) mass is 211 g/mol. The van der Waals surface area contributed by atoms with Gasteiger partial charge in [-0.15, -0.1) is 0 Å². The number of aliphatic carboxylic acids is 2. The Bertz CT molecular complexity index is 172. The van der Waals surface area contributed by atoms with E-state index in [4.69, 9.17) is 21.1 Å². The molecule has 0 aliphatic carbocycles. The smallest absolute Gasteiger partial charge is 0.332 e. The molecule has 7 heteroatoms. The van der Waals surface area contributed by atoms with Crippen molar-refractivity contribution in [1.29, 1.82) is 0 Å². The van der Waals surface area contributed by atoms with Gasteiger partial charge in [-0.1, -0.05) is 0 Å². The minimum Gasteiger partial charge on any atom is -0.480 e. The highest BCUT2D eigenvalue weighted by Crippen LogP contribution is 1.80. The molecule has 0 aromatic heterocycles. The maximum absolute atomic E-state index is 9.76. The fraction of sp³-hybridized carbons (Fsp3) is 0.667. The van der Waals surface area contributed by atoms with Crippen LogP contribution in [0.3, 0.4) is 0 Å². The molecule has 0 aromatic rings. The van der Waals surface area contributed by atoms with Gasteiger partial charge in [0.1, 0.15) is 12.1 Å². The summed E-state index contributed by atoms with van der Waals surface area (Å²) in [7, 11) is 0. The Labute approximate surface area is 80.8 Å². The minimum absolute atomic E-state index is 0.190. The minimum atomic E-state index is -1.23. The van der Waals surface area contributed by atoms with Crippen LogP contribution in [0.2, 0.25) is 0 Å². The molecule has 5 N–H and O–H groups in total. The van der Waals surface area contributed by atoms with Crippen LogP contribution in [0.15, 0.2) is 0 Å². The van der Waals surface area contributed by atoms with Crippen molar-refractivity contribution in [2.24, 2.45) is 5.73 Å². The first-order valence-electron chi connectivity index (χ1n) is 3.33. The first kappa shape index (κ1) is 14.7. The van der Waals surface area contributed by atoms with Gasteiger partial charge in [-0.3, -0.25) is 4.79 Å². The summed E-state index contributed by atoms with van der Waals surface area (Å²) in [5, 5.41) is 23.8. The van der Waals surface area contributed by atoms with E-state index in [2.05, 4.69) is 12.6 Å². The third-order valence-corrected chi connectivity index (χ3v) is 1.26. The summed E-state index contributed by atoms with van der Waals surface area (Å²) in [5.74, 6) is -2.00. The van der Waals surface area contributed by atoms with E-state index in [9.17, 15) is 9.59 Å². The molecule has 0 spiro atoms. The van der Waals surface area contributed by atoms with Crippen LogP contribution in [0.4, 0.5) is 0 Å². The average Bonchev–Trinajstić information content (AvgIpc) is 2.03. The maximum atomic E-state index is 9.76. The molecular formula is C6H13NO5S. The Morgan fingerprint density at radius 2 is 1.69 bits per heavy atom. The molecule has 0 amide bonds. The molecule has 0 fully saturated rings. The van der Waals surface area contributed by atoms with Crippen LogP contribution < -0.4 is 5.73 Å². The molecule has 2 atom stereocenters. The van der Waals surface area contributed by atoms with E-state index < -0.39 is 24.1 Å². The third kappa shape index (κ3) is 11.2. The van der Waals surface area contributed by atoms with Gasteiger partial charge in [-0.25, -0.2) is 4.79 Å². The molecule has 0 aromatic carbocycles. The predicted molar refractivity (Wildman–Crippen MR) is 48.8 cm³/mol. The molecule has 0 rings (SSSR count). The molecule has 0 saturated heterocycles. The highest BCUT2D eigenvalue weighted by molar-refractivity contribution is 7.80. The predicted octanol–water partition coefficient (Wildman–Crippen LogP) is -1.22. The molecule has 0 saturated carbocycles. The normalized spacial score (nSPS) is 13.5. The van der Waals surface area contributed by atoms with Crippen LogP contribution in [0.25, 0.3) is 0 Å². The molecule has 6 nitrogen and oxygen atoms in total. The van der Waals surface area contributed by atoms with Gasteiger partial charge in [0.15, 0.2) is 0 Å². The number of carbonyl (C=O) groups is 2. The van der Waals surface area contributed by atoms with Gasteiger partial charge >= 0.3 is 11.9 Å². The number of carboxylic acid groups (broad SMARTS) is 2. The van der Waals surface area contributed by atoms with E-state index in [1.807, 2.05) is 0 Å². The van der Waals surface area contributed by atoms with Crippen LogP contribution in [-0.2, 0) is 9.59 Å². The Hall–Kier alpha value is -0.790. The number of hydrogen-bond acceptors (Lipinski definition) is 5. The largest absolute Gasteiger partial charge is 0.480 e. The first-order valence-corrected chi connectivity index (χ1v) is 3.96. The van der Waals surface area contributed by atoms with Crippen LogP contribution in [0.1, 0.15) is 6.92 Å². The van der Waals surface area contributed by atoms with Crippen molar-refractivity contribution < 1.29 is 24.9 Å². The lowest BCUT2D eigenvalue weighted by Crippen LogP contribution is -2.31. The Morgan fingerprint density at radius 1 is 1.38 bits per heavy atom. The van der Waals surface area contributed by atoms with E-state index in [0.29, 0.717) is 0 Å². The van der Waals surface area contributed by atoms with Crippen molar-refractivity contribution in [3.8, 4) is 0 Å². The van der Waals surface area contributed by atoms with E-state index in [-0.39, 0.29) is 5.75 Å². The SMILES string of the molecule is CC(O)C(=O)O.N[C@@H](CS)C(=O)O. The second-order valence-electron chi connectivity index (χ2n) is 2.14. The molecule has 0 radical (unpaired) electrons. The van der Waals surface area contributed by atoms with Gasteiger partial charge in [0, 0.05) is 5.75 Å². The lowest BCUT2D eigenvalue weighted by molar-refractivity contribution is -0.145. The van der Waals surface area contributed by atoms with Crippen LogP contribution in [0.5, 0.6) is 0 Å². The van der Waals surface area contributed by atoms with Gasteiger partial charge < -0.3 is 21.1 Å². The van der Waals surface area contributed by atoms with E-state index in [0.717, 1.165) is 0 Å². The van der Waals surface area contributed by atoms with Crippen LogP contribution >= 0.6 is 12.6 Å². The van der Waals surface area contributed by atoms with Gasteiger partial charge in [0.05, 0.1) is 0 Å². The number of carboxylic acids is 2. The summed E-state index contributed by atoms with van der Waals surface area (Å²) in [6.45, 7) is 1.20. The first-order chi connectivity index (χ1) is 5.82. The van der Waals surface area contributed by atoms with Gasteiger partial charge in [-0.05, 0) is 6.92 Å². The number of thiol groups is 1. The average molecular weight is 211 g/mol. The highest BCUT2D eigenvalue weighted by atomic mass is 32.1. The maximum Gasteiger partial charge on any atom is 0.332 e. The molecule has 0 heterocycles. The van der Waals surface area contributed by atoms with Crippen LogP contribution in [-0.4, -0.2) is 45.2 Å². The molecule has 1 unspecified atom stereocenters. The third-order valence-electron chi connectivity index (χ3n) is 0.871. The second-order valence-corrected chi connectivity index (χ2v) is 2.51. The van der Waals surface area contributed by atoms with Crippen molar-refractivity contribution in [2.75, 3.05) is 5.75 Å². The lowest BCUT2D eigenvalue weighted by atomic mass is 10.4. The summed E-state index contributed by atoms with van der Waals surface area (Å²) in [4.78, 5) is 19.2. The Kier molecular flexibility index (Phi) is 8.87. The van der Waals surface area contributed by atoms with Crippen molar-refractivity contribution in [3.05, 3.63) is 0 Å². The fourth-order valence-electron chi connectivity index (χ4n) is 0.0781. The van der Waals surface area contributed by atoms with Gasteiger partial charge in [0.25, 0.3) is 0 Å². The zero-order valence-electron chi connectivity index (χ0n) is 7.04. The Morgan fingerprint density at radius 3 is 1.69 bits per heavy atom. The Balaban J connectivity index is 0. The second kappa shape index (κ2) is 7.84.